The smallest absolute Gasteiger partial charge is 0.251 e. The Bertz CT molecular complexity index is 799. The maximum Gasteiger partial charge on any atom is 0.251 e. The average Bonchev–Trinajstić information content (AvgIpc) is 2.98. The molecule has 0 aliphatic heterocycles. The quantitative estimate of drug-likeness (QED) is 0.734. The first-order chi connectivity index (χ1) is 11.3. The number of aromatic nitrogens is 2. The fourth-order valence-electron chi connectivity index (χ4n) is 2.22. The number of methoxy groups -OCH3 is 1. The van der Waals surface area contributed by atoms with Crippen LogP contribution in [0.4, 0.5) is 5.82 Å². The zero-order chi connectivity index (χ0) is 16.1. The summed E-state index contributed by atoms with van der Waals surface area (Å²) in [5.41, 5.74) is 1.85. The number of anilines is 1. The van der Waals surface area contributed by atoms with Crippen LogP contribution in [0.15, 0.2) is 48.5 Å². The van der Waals surface area contributed by atoms with E-state index in [-0.39, 0.29) is 12.5 Å². The van der Waals surface area contributed by atoms with Crippen molar-refractivity contribution in [3.05, 3.63) is 54.1 Å². The highest BCUT2D eigenvalue weighted by molar-refractivity contribution is 6.00. The lowest BCUT2D eigenvalue weighted by atomic mass is 10.2. The van der Waals surface area contributed by atoms with Gasteiger partial charge in [-0.25, -0.2) is 0 Å². The fraction of sp³-hybridized carbons (Fsp3) is 0.176. The molecular weight excluding hydrogens is 294 g/mol. The lowest BCUT2D eigenvalue weighted by Gasteiger charge is -2.05. The Morgan fingerprint density at radius 1 is 1.22 bits per heavy atom. The molecule has 3 aromatic rings. The molecule has 0 bridgehead atoms. The van der Waals surface area contributed by atoms with Crippen LogP contribution in [-0.2, 0) is 16.1 Å². The van der Waals surface area contributed by atoms with E-state index < -0.39 is 0 Å². The Balaban J connectivity index is 1.59. The normalized spacial score (nSPS) is 10.7. The third-order valence-electron chi connectivity index (χ3n) is 3.37. The summed E-state index contributed by atoms with van der Waals surface area (Å²) >= 11 is 0. The van der Waals surface area contributed by atoms with E-state index in [9.17, 15) is 4.79 Å². The van der Waals surface area contributed by atoms with Gasteiger partial charge in [0.15, 0.2) is 5.82 Å². The number of H-pyrrole nitrogens is 1. The number of hydrogen-bond acceptors (Lipinski definition) is 4. The summed E-state index contributed by atoms with van der Waals surface area (Å²) in [6.07, 6.45) is 0. The maximum absolute atomic E-state index is 12.0. The molecule has 0 fully saturated rings. The number of benzene rings is 2. The number of hydrogen-bond donors (Lipinski definition) is 2. The van der Waals surface area contributed by atoms with E-state index in [1.54, 1.807) is 7.11 Å². The van der Waals surface area contributed by atoms with Gasteiger partial charge in [0.05, 0.1) is 19.2 Å². The third-order valence-corrected chi connectivity index (χ3v) is 3.37. The molecule has 1 aromatic heterocycles. The van der Waals surface area contributed by atoms with E-state index in [1.165, 1.54) is 0 Å². The lowest BCUT2D eigenvalue weighted by molar-refractivity contribution is -0.121. The van der Waals surface area contributed by atoms with Crippen molar-refractivity contribution in [1.82, 2.24) is 10.2 Å². The van der Waals surface area contributed by atoms with Gasteiger partial charge in [-0.2, -0.15) is 5.10 Å². The second-order valence-electron chi connectivity index (χ2n) is 5.01. The van der Waals surface area contributed by atoms with Crippen LogP contribution in [0, 0.1) is 0 Å². The predicted octanol–water partition coefficient (Wildman–Crippen LogP) is 2.73. The molecule has 0 radical (unpaired) electrons. The highest BCUT2D eigenvalue weighted by Gasteiger charge is 2.10. The number of nitrogens with zero attached hydrogens (tertiary/aromatic N) is 1. The van der Waals surface area contributed by atoms with Gasteiger partial charge in [-0.1, -0.05) is 30.3 Å². The topological polar surface area (TPSA) is 76.2 Å². The zero-order valence-corrected chi connectivity index (χ0v) is 12.7. The molecule has 0 atom stereocenters. The number of carbonyl (C=O) groups is 1. The van der Waals surface area contributed by atoms with Gasteiger partial charge in [0.2, 0.25) is 0 Å². The van der Waals surface area contributed by atoms with Crippen molar-refractivity contribution in [2.75, 3.05) is 19.0 Å². The summed E-state index contributed by atoms with van der Waals surface area (Å²) in [5.74, 6) is 0.916. The van der Waals surface area contributed by atoms with E-state index in [1.807, 2.05) is 48.5 Å². The lowest BCUT2D eigenvalue weighted by Crippen LogP contribution is -2.18. The summed E-state index contributed by atoms with van der Waals surface area (Å²) in [5, 5.41) is 10.5. The summed E-state index contributed by atoms with van der Waals surface area (Å²) < 4.78 is 10.6. The van der Waals surface area contributed by atoms with Crippen LogP contribution in [0.1, 0.15) is 5.56 Å². The number of ether oxygens (including phenoxy) is 2. The molecule has 2 N–H and O–H groups in total. The van der Waals surface area contributed by atoms with Crippen molar-refractivity contribution in [2.45, 2.75) is 6.61 Å². The summed E-state index contributed by atoms with van der Waals surface area (Å²) in [7, 11) is 1.59. The molecule has 23 heavy (non-hydrogen) atoms. The Kier molecular flexibility index (Phi) is 4.54. The monoisotopic (exact) mass is 311 g/mol. The molecule has 0 spiro atoms. The van der Waals surface area contributed by atoms with Crippen molar-refractivity contribution in [2.24, 2.45) is 0 Å². The van der Waals surface area contributed by atoms with E-state index in [0.29, 0.717) is 18.2 Å². The molecule has 0 saturated heterocycles. The van der Waals surface area contributed by atoms with Crippen LogP contribution < -0.4 is 10.1 Å². The Morgan fingerprint density at radius 3 is 2.83 bits per heavy atom. The van der Waals surface area contributed by atoms with E-state index in [2.05, 4.69) is 15.5 Å². The van der Waals surface area contributed by atoms with Crippen molar-refractivity contribution in [3.8, 4) is 5.75 Å². The van der Waals surface area contributed by atoms with Crippen molar-refractivity contribution in [3.63, 3.8) is 0 Å². The largest absolute Gasteiger partial charge is 0.497 e. The Morgan fingerprint density at radius 2 is 2.04 bits per heavy atom. The molecule has 6 heteroatoms. The number of aromatic amines is 1. The number of nitrogens with one attached hydrogen (secondary N) is 2. The van der Waals surface area contributed by atoms with Crippen LogP contribution in [0.2, 0.25) is 0 Å². The van der Waals surface area contributed by atoms with Crippen LogP contribution >= 0.6 is 0 Å². The highest BCUT2D eigenvalue weighted by Crippen LogP contribution is 2.24. The van der Waals surface area contributed by atoms with Crippen LogP contribution in [0.3, 0.4) is 0 Å². The zero-order valence-electron chi connectivity index (χ0n) is 12.7. The fourth-order valence-corrected chi connectivity index (χ4v) is 2.22. The highest BCUT2D eigenvalue weighted by atomic mass is 16.5. The Hall–Kier alpha value is -2.86. The molecule has 0 aliphatic carbocycles. The molecule has 0 aliphatic rings. The van der Waals surface area contributed by atoms with Gasteiger partial charge in [0.1, 0.15) is 12.4 Å². The first kappa shape index (κ1) is 15.1. The van der Waals surface area contributed by atoms with E-state index >= 15 is 0 Å². The van der Waals surface area contributed by atoms with Gasteiger partial charge >= 0.3 is 0 Å². The number of fused-ring (bicyclic) bond motifs is 1. The number of carbonyl (C=O) groups excluding carboxylic acids is 1. The van der Waals surface area contributed by atoms with Gasteiger partial charge in [-0.15, -0.1) is 0 Å². The van der Waals surface area contributed by atoms with Crippen molar-refractivity contribution < 1.29 is 14.3 Å². The molecule has 1 heterocycles. The molecular formula is C17H17N3O3. The molecule has 3 rings (SSSR count). The van der Waals surface area contributed by atoms with E-state index in [0.717, 1.165) is 16.5 Å². The van der Waals surface area contributed by atoms with Crippen LogP contribution in [0.5, 0.6) is 5.75 Å². The second kappa shape index (κ2) is 6.93. The van der Waals surface area contributed by atoms with Crippen molar-refractivity contribution >= 4 is 22.6 Å². The predicted molar refractivity (Wildman–Crippen MR) is 87.4 cm³/mol. The van der Waals surface area contributed by atoms with Gasteiger partial charge in [0.25, 0.3) is 5.91 Å². The standard InChI is InChI=1S/C17H17N3O3/c1-22-13-7-8-15-14(9-13)17(20-19-15)18-16(21)11-23-10-12-5-3-2-4-6-12/h2-9H,10-11H2,1H3,(H2,18,19,20,21). The molecule has 0 saturated carbocycles. The van der Waals surface area contributed by atoms with Crippen molar-refractivity contribution in [1.29, 1.82) is 0 Å². The van der Waals surface area contributed by atoms with Crippen LogP contribution in [-0.4, -0.2) is 29.8 Å². The van der Waals surface area contributed by atoms with Gasteiger partial charge in [-0.05, 0) is 23.8 Å². The molecule has 118 valence electrons. The second-order valence-corrected chi connectivity index (χ2v) is 5.01. The van der Waals surface area contributed by atoms with Gasteiger partial charge in [0, 0.05) is 5.39 Å². The SMILES string of the molecule is COc1ccc2[nH]nc(NC(=O)COCc3ccccc3)c2c1. The third kappa shape index (κ3) is 3.67. The van der Waals surface area contributed by atoms with Gasteiger partial charge in [-0.3, -0.25) is 9.89 Å². The van der Waals surface area contributed by atoms with Crippen LogP contribution in [0.25, 0.3) is 10.9 Å². The first-order valence-corrected chi connectivity index (χ1v) is 7.20. The maximum atomic E-state index is 12.0. The number of rotatable bonds is 6. The molecule has 0 unspecified atom stereocenters. The van der Waals surface area contributed by atoms with E-state index in [4.69, 9.17) is 9.47 Å². The Labute approximate surface area is 133 Å². The minimum Gasteiger partial charge on any atom is -0.497 e. The average molecular weight is 311 g/mol. The molecule has 2 aromatic carbocycles. The summed E-state index contributed by atoms with van der Waals surface area (Å²) in [6, 6.07) is 15.2. The first-order valence-electron chi connectivity index (χ1n) is 7.20. The summed E-state index contributed by atoms with van der Waals surface area (Å²) in [6.45, 7) is 0.358. The molecule has 6 nitrogen and oxygen atoms in total. The van der Waals surface area contributed by atoms with Gasteiger partial charge < -0.3 is 14.8 Å². The number of amides is 1. The molecule has 1 amide bonds. The summed E-state index contributed by atoms with van der Waals surface area (Å²) in [4.78, 5) is 12.0. The minimum absolute atomic E-state index is 0.0345. The minimum atomic E-state index is -0.253.